The Labute approximate surface area is 116 Å². The van der Waals surface area contributed by atoms with Gasteiger partial charge in [-0.2, -0.15) is 5.10 Å². The fraction of sp³-hybridized carbons (Fsp3) is 0.200. The second kappa shape index (κ2) is 4.35. The molecule has 0 radical (unpaired) electrons. The number of hydrogen-bond donors (Lipinski definition) is 0. The minimum atomic E-state index is 0.673. The van der Waals surface area contributed by atoms with Crippen LogP contribution < -0.4 is 0 Å². The predicted octanol–water partition coefficient (Wildman–Crippen LogP) is 3.97. The van der Waals surface area contributed by atoms with Crippen molar-refractivity contribution in [2.75, 3.05) is 0 Å². The van der Waals surface area contributed by atoms with Crippen LogP contribution in [0.5, 0.6) is 0 Å². The lowest BCUT2D eigenvalue weighted by atomic mass is 10.1. The fourth-order valence-electron chi connectivity index (χ4n) is 2.22. The fourth-order valence-corrected chi connectivity index (χ4v) is 2.34. The molecule has 0 aliphatic heterocycles. The van der Waals surface area contributed by atoms with E-state index in [1.54, 1.807) is 4.52 Å². The van der Waals surface area contributed by atoms with Gasteiger partial charge in [0.15, 0.2) is 5.65 Å². The Morgan fingerprint density at radius 2 is 1.89 bits per heavy atom. The minimum absolute atomic E-state index is 0.673. The van der Waals surface area contributed by atoms with Crippen molar-refractivity contribution in [2.45, 2.75) is 20.8 Å². The number of fused-ring (bicyclic) bond motifs is 1. The average Bonchev–Trinajstić information content (AvgIpc) is 2.80. The van der Waals surface area contributed by atoms with Crippen molar-refractivity contribution in [1.82, 2.24) is 14.6 Å². The van der Waals surface area contributed by atoms with Crippen LogP contribution in [0.2, 0.25) is 5.02 Å². The second-order valence-corrected chi connectivity index (χ2v) is 5.14. The molecule has 0 saturated carbocycles. The van der Waals surface area contributed by atoms with E-state index in [0.717, 1.165) is 28.3 Å². The summed E-state index contributed by atoms with van der Waals surface area (Å²) in [7, 11) is 0. The highest BCUT2D eigenvalue weighted by molar-refractivity contribution is 6.31. The minimum Gasteiger partial charge on any atom is -0.232 e. The summed E-state index contributed by atoms with van der Waals surface area (Å²) < 4.78 is 1.80. The Kier molecular flexibility index (Phi) is 2.79. The summed E-state index contributed by atoms with van der Waals surface area (Å²) >= 11 is 6.21. The maximum absolute atomic E-state index is 6.21. The summed E-state index contributed by atoms with van der Waals surface area (Å²) in [5.41, 5.74) is 5.81. The first kappa shape index (κ1) is 12.2. The van der Waals surface area contributed by atoms with Gasteiger partial charge in [0.25, 0.3) is 0 Å². The van der Waals surface area contributed by atoms with Crippen LogP contribution in [0.1, 0.15) is 17.0 Å². The summed E-state index contributed by atoms with van der Waals surface area (Å²) in [5.74, 6) is 0. The van der Waals surface area contributed by atoms with Crippen LogP contribution in [-0.2, 0) is 0 Å². The zero-order valence-electron chi connectivity index (χ0n) is 11.1. The van der Waals surface area contributed by atoms with E-state index in [-0.39, 0.29) is 0 Å². The van der Waals surface area contributed by atoms with E-state index >= 15 is 0 Å². The third-order valence-electron chi connectivity index (χ3n) is 3.24. The number of nitrogens with zero attached hydrogens (tertiary/aromatic N) is 3. The van der Waals surface area contributed by atoms with Gasteiger partial charge in [-0.15, -0.1) is 0 Å². The molecule has 2 aromatic heterocycles. The van der Waals surface area contributed by atoms with Gasteiger partial charge >= 0.3 is 0 Å². The third-order valence-corrected chi connectivity index (χ3v) is 3.79. The molecule has 0 saturated heterocycles. The van der Waals surface area contributed by atoms with Gasteiger partial charge in [0.2, 0.25) is 0 Å². The Morgan fingerprint density at radius 3 is 2.63 bits per heavy atom. The van der Waals surface area contributed by atoms with Crippen LogP contribution in [-0.4, -0.2) is 14.6 Å². The lowest BCUT2D eigenvalue weighted by Crippen LogP contribution is -1.99. The van der Waals surface area contributed by atoms with E-state index in [2.05, 4.69) is 35.2 Å². The van der Waals surface area contributed by atoms with Gasteiger partial charge in [0, 0.05) is 11.6 Å². The van der Waals surface area contributed by atoms with Gasteiger partial charge in [-0.1, -0.05) is 35.4 Å². The van der Waals surface area contributed by atoms with Crippen molar-refractivity contribution in [2.24, 2.45) is 0 Å². The maximum Gasteiger partial charge on any atom is 0.156 e. The van der Waals surface area contributed by atoms with Crippen molar-refractivity contribution in [3.63, 3.8) is 0 Å². The zero-order chi connectivity index (χ0) is 13.6. The van der Waals surface area contributed by atoms with Gasteiger partial charge in [0.1, 0.15) is 0 Å². The Morgan fingerprint density at radius 1 is 1.11 bits per heavy atom. The molecule has 3 rings (SSSR count). The molecule has 0 unspecified atom stereocenters. The highest BCUT2D eigenvalue weighted by atomic mass is 35.5. The van der Waals surface area contributed by atoms with Gasteiger partial charge in [-0.25, -0.2) is 9.50 Å². The molecule has 0 aliphatic carbocycles. The number of rotatable bonds is 1. The van der Waals surface area contributed by atoms with Crippen molar-refractivity contribution in [3.05, 3.63) is 52.3 Å². The van der Waals surface area contributed by atoms with Crippen LogP contribution in [0.25, 0.3) is 16.9 Å². The monoisotopic (exact) mass is 271 g/mol. The van der Waals surface area contributed by atoms with E-state index < -0.39 is 0 Å². The summed E-state index contributed by atoms with van der Waals surface area (Å²) in [6.07, 6.45) is 0. The van der Waals surface area contributed by atoms with Crippen LogP contribution in [0.3, 0.4) is 0 Å². The topological polar surface area (TPSA) is 30.2 Å². The molecule has 96 valence electrons. The standard InChI is InChI=1S/C15H14ClN3/c1-9-5-4-6-12(7-9)13-8-14-17-10(2)15(16)11(3)19(14)18-13/h4-8H,1-3H3. The van der Waals surface area contributed by atoms with Crippen molar-refractivity contribution in [1.29, 1.82) is 0 Å². The SMILES string of the molecule is Cc1cccc(-c2cc3nc(C)c(Cl)c(C)n3n2)c1. The van der Waals surface area contributed by atoms with Gasteiger partial charge in [0.05, 0.1) is 22.1 Å². The summed E-state index contributed by atoms with van der Waals surface area (Å²) in [6, 6.07) is 10.3. The second-order valence-electron chi connectivity index (χ2n) is 4.77. The number of aryl methyl sites for hydroxylation is 3. The number of aromatic nitrogens is 3. The molecule has 2 heterocycles. The van der Waals surface area contributed by atoms with Crippen molar-refractivity contribution < 1.29 is 0 Å². The van der Waals surface area contributed by atoms with Crippen LogP contribution in [0.15, 0.2) is 30.3 Å². The molecule has 0 atom stereocenters. The Bertz CT molecular complexity index is 774. The molecular weight excluding hydrogens is 258 g/mol. The number of benzene rings is 1. The van der Waals surface area contributed by atoms with Gasteiger partial charge < -0.3 is 0 Å². The molecule has 0 spiro atoms. The van der Waals surface area contributed by atoms with Gasteiger partial charge in [-0.3, -0.25) is 0 Å². The number of halogens is 1. The van der Waals surface area contributed by atoms with Crippen LogP contribution >= 0.6 is 11.6 Å². The van der Waals surface area contributed by atoms with E-state index in [9.17, 15) is 0 Å². The van der Waals surface area contributed by atoms with Gasteiger partial charge in [-0.05, 0) is 26.8 Å². The predicted molar refractivity (Wildman–Crippen MR) is 77.6 cm³/mol. The van der Waals surface area contributed by atoms with Crippen molar-refractivity contribution >= 4 is 17.2 Å². The number of hydrogen-bond acceptors (Lipinski definition) is 2. The first-order valence-corrected chi connectivity index (χ1v) is 6.53. The van der Waals surface area contributed by atoms with E-state index in [1.165, 1.54) is 5.56 Å². The van der Waals surface area contributed by atoms with Crippen LogP contribution in [0.4, 0.5) is 0 Å². The molecule has 0 fully saturated rings. The zero-order valence-corrected chi connectivity index (χ0v) is 11.9. The smallest absolute Gasteiger partial charge is 0.156 e. The summed E-state index contributed by atoms with van der Waals surface area (Å²) in [6.45, 7) is 5.94. The third kappa shape index (κ3) is 2.00. The molecule has 1 aromatic carbocycles. The molecule has 3 nitrogen and oxygen atoms in total. The molecule has 3 aromatic rings. The lowest BCUT2D eigenvalue weighted by molar-refractivity contribution is 0.889. The molecule has 4 heteroatoms. The summed E-state index contributed by atoms with van der Waals surface area (Å²) in [5, 5.41) is 5.27. The highest BCUT2D eigenvalue weighted by Gasteiger charge is 2.11. The average molecular weight is 272 g/mol. The molecule has 0 aliphatic rings. The quantitative estimate of drug-likeness (QED) is 0.670. The van der Waals surface area contributed by atoms with E-state index in [1.807, 2.05) is 26.0 Å². The van der Waals surface area contributed by atoms with Crippen LogP contribution in [0, 0.1) is 20.8 Å². The molecule has 0 amide bonds. The Hall–Kier alpha value is -1.87. The molecule has 19 heavy (non-hydrogen) atoms. The summed E-state index contributed by atoms with van der Waals surface area (Å²) in [4.78, 5) is 4.47. The van der Waals surface area contributed by atoms with E-state index in [4.69, 9.17) is 11.6 Å². The Balaban J connectivity index is 2.25. The first-order valence-electron chi connectivity index (χ1n) is 6.16. The largest absolute Gasteiger partial charge is 0.232 e. The highest BCUT2D eigenvalue weighted by Crippen LogP contribution is 2.24. The van der Waals surface area contributed by atoms with Crippen molar-refractivity contribution in [3.8, 4) is 11.3 Å². The molecule has 0 N–H and O–H groups in total. The molecular formula is C15H14ClN3. The normalized spacial score (nSPS) is 11.2. The molecule has 0 bridgehead atoms. The first-order chi connectivity index (χ1) is 9.06. The van der Waals surface area contributed by atoms with E-state index in [0.29, 0.717) is 5.02 Å². The maximum atomic E-state index is 6.21. The lowest BCUT2D eigenvalue weighted by Gasteiger charge is -2.03.